The van der Waals surface area contributed by atoms with Gasteiger partial charge in [-0.05, 0) is 24.6 Å². The summed E-state index contributed by atoms with van der Waals surface area (Å²) in [6.45, 7) is 9.01. The molecule has 0 aliphatic carbocycles. The van der Waals surface area contributed by atoms with Crippen molar-refractivity contribution in [1.29, 1.82) is 0 Å². The highest BCUT2D eigenvalue weighted by atomic mass is 127. The molecule has 28 heavy (non-hydrogen) atoms. The molecule has 0 radical (unpaired) electrons. The van der Waals surface area contributed by atoms with Gasteiger partial charge in [-0.1, -0.05) is 12.0 Å². The van der Waals surface area contributed by atoms with Crippen LogP contribution in [0.15, 0.2) is 23.2 Å². The van der Waals surface area contributed by atoms with E-state index in [0.29, 0.717) is 18.0 Å². The van der Waals surface area contributed by atoms with Crippen molar-refractivity contribution in [3.63, 3.8) is 0 Å². The first-order chi connectivity index (χ1) is 13.3. The number of ether oxygens (including phenoxy) is 3. The first kappa shape index (κ1) is 24.3. The van der Waals surface area contributed by atoms with E-state index in [4.69, 9.17) is 20.6 Å². The van der Waals surface area contributed by atoms with E-state index < -0.39 is 0 Å². The molecule has 0 unspecified atom stereocenters. The predicted octanol–water partition coefficient (Wildman–Crippen LogP) is 1.71. The maximum Gasteiger partial charge on any atom is 0.191 e. The molecule has 1 aromatic carbocycles. The van der Waals surface area contributed by atoms with Gasteiger partial charge in [-0.3, -0.25) is 4.90 Å². The monoisotopic (exact) mass is 502 g/mol. The summed E-state index contributed by atoms with van der Waals surface area (Å²) in [5.41, 5.74) is 1.02. The van der Waals surface area contributed by atoms with E-state index in [9.17, 15) is 0 Å². The summed E-state index contributed by atoms with van der Waals surface area (Å²) in [5, 5.41) is 6.66. The number of hydrogen-bond donors (Lipinski definition) is 2. The number of rotatable bonds is 9. The molecule has 1 aromatic rings. The first-order valence-electron chi connectivity index (χ1n) is 9.32. The summed E-state index contributed by atoms with van der Waals surface area (Å²) >= 11 is 0. The summed E-state index contributed by atoms with van der Waals surface area (Å²) in [5.74, 6) is 4.56. The predicted molar refractivity (Wildman–Crippen MR) is 123 cm³/mol. The molecule has 1 heterocycles. The summed E-state index contributed by atoms with van der Waals surface area (Å²) in [4.78, 5) is 7.05. The number of terminal acetylenes is 1. The number of nitrogens with one attached hydrogen (secondary N) is 2. The molecule has 0 atom stereocenters. The lowest BCUT2D eigenvalue weighted by molar-refractivity contribution is 0.0389. The fourth-order valence-electron chi connectivity index (χ4n) is 2.72. The van der Waals surface area contributed by atoms with Gasteiger partial charge in [0.25, 0.3) is 0 Å². The zero-order chi connectivity index (χ0) is 19.3. The Labute approximate surface area is 185 Å². The Hall–Kier alpha value is -1.70. The van der Waals surface area contributed by atoms with Crippen LogP contribution in [-0.2, 0) is 11.3 Å². The molecule has 7 nitrogen and oxygen atoms in total. The topological polar surface area (TPSA) is 67.4 Å². The van der Waals surface area contributed by atoms with E-state index in [1.807, 2.05) is 18.2 Å². The molecule has 1 fully saturated rings. The standard InChI is InChI=1S/C20H30N4O3.HI/c1-4-12-27-19-15-17(6-7-18(19)25-3)16-23-20(21-5-2)22-8-9-24-10-13-26-14-11-24;/h1,6-7,15H,5,8-14,16H2,2-3H3,(H2,21,22,23);1H. The van der Waals surface area contributed by atoms with Gasteiger partial charge < -0.3 is 24.8 Å². The maximum atomic E-state index is 5.55. The van der Waals surface area contributed by atoms with E-state index in [1.54, 1.807) is 7.11 Å². The summed E-state index contributed by atoms with van der Waals surface area (Å²) in [6.07, 6.45) is 5.27. The second-order valence-electron chi connectivity index (χ2n) is 6.05. The van der Waals surface area contributed by atoms with Gasteiger partial charge in [-0.25, -0.2) is 4.99 Å². The van der Waals surface area contributed by atoms with Crippen molar-refractivity contribution in [2.75, 3.05) is 59.7 Å². The van der Waals surface area contributed by atoms with Crippen molar-refractivity contribution in [2.24, 2.45) is 4.99 Å². The lowest BCUT2D eigenvalue weighted by Crippen LogP contribution is -2.44. The molecule has 0 saturated carbocycles. The molecule has 8 heteroatoms. The Morgan fingerprint density at radius 1 is 1.29 bits per heavy atom. The SMILES string of the molecule is C#CCOc1cc(CN=C(NCC)NCCN2CCOCC2)ccc1OC.I. The van der Waals surface area contributed by atoms with E-state index in [1.165, 1.54) is 0 Å². The maximum absolute atomic E-state index is 5.55. The zero-order valence-corrected chi connectivity index (χ0v) is 19.0. The minimum atomic E-state index is 0. The molecule has 2 rings (SSSR count). The minimum Gasteiger partial charge on any atom is -0.493 e. The van der Waals surface area contributed by atoms with E-state index in [2.05, 4.69) is 33.4 Å². The average molecular weight is 502 g/mol. The highest BCUT2D eigenvalue weighted by molar-refractivity contribution is 14.0. The van der Waals surface area contributed by atoms with Gasteiger partial charge in [0.15, 0.2) is 17.5 Å². The Balaban J connectivity index is 0.00000392. The van der Waals surface area contributed by atoms with Crippen LogP contribution in [0.3, 0.4) is 0 Å². The van der Waals surface area contributed by atoms with Crippen LogP contribution < -0.4 is 20.1 Å². The number of nitrogens with zero attached hydrogens (tertiary/aromatic N) is 2. The third-order valence-corrected chi connectivity index (χ3v) is 4.13. The number of halogens is 1. The van der Waals surface area contributed by atoms with Crippen molar-refractivity contribution in [1.82, 2.24) is 15.5 Å². The smallest absolute Gasteiger partial charge is 0.191 e. The molecule has 0 aromatic heterocycles. The van der Waals surface area contributed by atoms with Crippen LogP contribution in [0.5, 0.6) is 11.5 Å². The quantitative estimate of drug-likeness (QED) is 0.232. The van der Waals surface area contributed by atoms with Crippen molar-refractivity contribution < 1.29 is 14.2 Å². The van der Waals surface area contributed by atoms with Crippen LogP contribution in [-0.4, -0.2) is 70.5 Å². The summed E-state index contributed by atoms with van der Waals surface area (Å²) < 4.78 is 16.2. The number of morpholine rings is 1. The lowest BCUT2D eigenvalue weighted by Gasteiger charge is -2.26. The molecule has 1 aliphatic heterocycles. The van der Waals surface area contributed by atoms with Crippen LogP contribution in [0.2, 0.25) is 0 Å². The number of methoxy groups -OCH3 is 1. The highest BCUT2D eigenvalue weighted by Gasteiger charge is 2.10. The van der Waals surface area contributed by atoms with Gasteiger partial charge in [0.05, 0.1) is 26.9 Å². The Bertz CT molecular complexity index is 643. The molecule has 0 bridgehead atoms. The fourth-order valence-corrected chi connectivity index (χ4v) is 2.72. The second-order valence-corrected chi connectivity index (χ2v) is 6.05. The molecular weight excluding hydrogens is 471 g/mol. The van der Waals surface area contributed by atoms with Crippen molar-refractivity contribution in [3.8, 4) is 23.8 Å². The van der Waals surface area contributed by atoms with Gasteiger partial charge in [-0.2, -0.15) is 0 Å². The highest BCUT2D eigenvalue weighted by Crippen LogP contribution is 2.28. The number of benzene rings is 1. The average Bonchev–Trinajstić information content (AvgIpc) is 2.71. The third kappa shape index (κ3) is 8.54. The van der Waals surface area contributed by atoms with Crippen LogP contribution in [0.25, 0.3) is 0 Å². The molecule has 0 amide bonds. The first-order valence-corrected chi connectivity index (χ1v) is 9.32. The Morgan fingerprint density at radius 2 is 2.07 bits per heavy atom. The number of hydrogen-bond acceptors (Lipinski definition) is 5. The van der Waals surface area contributed by atoms with Gasteiger partial charge in [0.2, 0.25) is 0 Å². The molecule has 0 spiro atoms. The molecule has 156 valence electrons. The van der Waals surface area contributed by atoms with Crippen LogP contribution in [0, 0.1) is 12.3 Å². The molecule has 1 saturated heterocycles. The van der Waals surface area contributed by atoms with Crippen molar-refractivity contribution in [2.45, 2.75) is 13.5 Å². The van der Waals surface area contributed by atoms with Crippen LogP contribution in [0.1, 0.15) is 12.5 Å². The van der Waals surface area contributed by atoms with Gasteiger partial charge in [0, 0.05) is 32.7 Å². The van der Waals surface area contributed by atoms with Crippen LogP contribution in [0.4, 0.5) is 0 Å². The largest absolute Gasteiger partial charge is 0.493 e. The summed E-state index contributed by atoms with van der Waals surface area (Å²) in [7, 11) is 1.61. The van der Waals surface area contributed by atoms with Gasteiger partial charge >= 0.3 is 0 Å². The zero-order valence-electron chi connectivity index (χ0n) is 16.7. The Morgan fingerprint density at radius 3 is 2.75 bits per heavy atom. The number of aliphatic imine (C=N–C) groups is 1. The normalized spacial score (nSPS) is 14.5. The number of guanidine groups is 1. The van der Waals surface area contributed by atoms with Crippen LogP contribution >= 0.6 is 24.0 Å². The van der Waals surface area contributed by atoms with Gasteiger partial charge in [-0.15, -0.1) is 30.4 Å². The van der Waals surface area contributed by atoms with Gasteiger partial charge in [0.1, 0.15) is 6.61 Å². The fraction of sp³-hybridized carbons (Fsp3) is 0.550. The van der Waals surface area contributed by atoms with Crippen molar-refractivity contribution >= 4 is 29.9 Å². The second kappa shape index (κ2) is 14.3. The Kier molecular flexibility index (Phi) is 12.4. The van der Waals surface area contributed by atoms with E-state index >= 15 is 0 Å². The van der Waals surface area contributed by atoms with Crippen molar-refractivity contribution in [3.05, 3.63) is 23.8 Å². The summed E-state index contributed by atoms with van der Waals surface area (Å²) in [6, 6.07) is 5.76. The minimum absolute atomic E-state index is 0. The molecule has 1 aliphatic rings. The molecule has 2 N–H and O–H groups in total. The van der Waals surface area contributed by atoms with E-state index in [0.717, 1.165) is 57.5 Å². The molecular formula is C20H31IN4O3. The lowest BCUT2D eigenvalue weighted by atomic mass is 10.2. The third-order valence-electron chi connectivity index (χ3n) is 4.13. The van der Waals surface area contributed by atoms with E-state index in [-0.39, 0.29) is 30.6 Å².